The first-order valence-electron chi connectivity index (χ1n) is 13.3. The van der Waals surface area contributed by atoms with Crippen LogP contribution in [-0.2, 0) is 33.7 Å². The zero-order valence-corrected chi connectivity index (χ0v) is 23.5. The van der Waals surface area contributed by atoms with Crippen LogP contribution in [0.25, 0.3) is 0 Å². The van der Waals surface area contributed by atoms with E-state index < -0.39 is 18.0 Å². The average molecular weight is 528 g/mol. The van der Waals surface area contributed by atoms with Gasteiger partial charge in [-0.3, -0.25) is 4.90 Å². The third-order valence-electron chi connectivity index (χ3n) is 6.72. The maximum atomic E-state index is 12.6. The van der Waals surface area contributed by atoms with E-state index in [1.165, 1.54) is 5.56 Å². The summed E-state index contributed by atoms with van der Waals surface area (Å²) in [6.07, 6.45) is -0.367. The second-order valence-corrected chi connectivity index (χ2v) is 10.8. The number of ether oxygens (including phenoxy) is 4. The van der Waals surface area contributed by atoms with E-state index in [1.807, 2.05) is 33.8 Å². The summed E-state index contributed by atoms with van der Waals surface area (Å²) in [4.78, 5) is 28.7. The molecule has 4 rings (SSSR count). The van der Waals surface area contributed by atoms with Gasteiger partial charge >= 0.3 is 12.1 Å². The van der Waals surface area contributed by atoms with Crippen LogP contribution in [0.5, 0.6) is 6.01 Å². The van der Waals surface area contributed by atoms with Gasteiger partial charge in [-0.1, -0.05) is 30.3 Å². The van der Waals surface area contributed by atoms with Crippen molar-refractivity contribution in [1.29, 1.82) is 0 Å². The molecule has 0 bridgehead atoms. The average Bonchev–Trinajstić information content (AvgIpc) is 2.88. The lowest BCUT2D eigenvalue weighted by molar-refractivity contribution is -0.152. The molecule has 0 saturated carbocycles. The highest BCUT2D eigenvalue weighted by Crippen LogP contribution is 2.30. The highest BCUT2D eigenvalue weighted by Gasteiger charge is 2.31. The number of hydrogen-bond acceptors (Lipinski definition) is 9. The second-order valence-electron chi connectivity index (χ2n) is 10.8. The highest BCUT2D eigenvalue weighted by atomic mass is 16.7. The number of carbonyl (C=O) groups is 1. The Labute approximate surface area is 225 Å². The molecular weight excluding hydrogens is 486 g/mol. The quantitative estimate of drug-likeness (QED) is 0.479. The fourth-order valence-electron chi connectivity index (χ4n) is 4.86. The maximum absolute atomic E-state index is 12.6. The molecule has 1 aromatic carbocycles. The molecule has 1 unspecified atom stereocenters. The Morgan fingerprint density at radius 3 is 2.32 bits per heavy atom. The van der Waals surface area contributed by atoms with E-state index in [4.69, 9.17) is 28.9 Å². The largest absolute Gasteiger partial charge is 0.455 e. The molecule has 0 N–H and O–H groups in total. The molecule has 0 aliphatic carbocycles. The van der Waals surface area contributed by atoms with E-state index in [2.05, 4.69) is 34.1 Å². The molecule has 38 heavy (non-hydrogen) atoms. The van der Waals surface area contributed by atoms with Crippen molar-refractivity contribution in [3.8, 4) is 6.01 Å². The van der Waals surface area contributed by atoms with Crippen LogP contribution >= 0.6 is 0 Å². The first kappa shape index (κ1) is 28.1. The number of anilines is 1. The van der Waals surface area contributed by atoms with E-state index >= 15 is 0 Å². The minimum absolute atomic E-state index is 0.276. The van der Waals surface area contributed by atoms with Crippen molar-refractivity contribution < 1.29 is 23.7 Å². The number of hydrogen-bond donors (Lipinski definition) is 0. The smallest absolute Gasteiger partial charge is 0.410 e. The number of piperazine rings is 1. The highest BCUT2D eigenvalue weighted by molar-refractivity contribution is 5.68. The number of nitrogens with zero attached hydrogens (tertiary/aromatic N) is 5. The fourth-order valence-corrected chi connectivity index (χ4v) is 4.86. The van der Waals surface area contributed by atoms with Gasteiger partial charge in [-0.2, -0.15) is 9.97 Å². The lowest BCUT2D eigenvalue weighted by Crippen LogP contribution is -2.50. The summed E-state index contributed by atoms with van der Waals surface area (Å²) >= 11 is 0. The normalized spacial score (nSPS) is 17.3. The standard InChI is InChI=1S/C28H41N5O5/c1-20(25(35-5)36-6)37-26-29-23-19-31(18-21-10-8-7-9-11-21)13-12-22(23)24(30-26)32-14-16-33(17-15-32)27(34)38-28(2,3)4/h7-11,20,25H,12-19H2,1-6H3. The Balaban J connectivity index is 1.54. The lowest BCUT2D eigenvalue weighted by Gasteiger charge is -2.38. The number of benzene rings is 1. The van der Waals surface area contributed by atoms with Crippen LogP contribution in [0.15, 0.2) is 30.3 Å². The molecule has 208 valence electrons. The van der Waals surface area contributed by atoms with E-state index in [0.717, 1.165) is 36.6 Å². The summed E-state index contributed by atoms with van der Waals surface area (Å²) in [7, 11) is 3.16. The molecule has 1 aromatic heterocycles. The Hall–Kier alpha value is -2.95. The van der Waals surface area contributed by atoms with Crippen molar-refractivity contribution in [2.45, 2.75) is 65.2 Å². The lowest BCUT2D eigenvalue weighted by atomic mass is 10.0. The Morgan fingerprint density at radius 1 is 1.00 bits per heavy atom. The number of methoxy groups -OCH3 is 2. The molecule has 10 nitrogen and oxygen atoms in total. The minimum Gasteiger partial charge on any atom is -0.455 e. The van der Waals surface area contributed by atoms with Crippen molar-refractivity contribution >= 4 is 11.9 Å². The van der Waals surface area contributed by atoms with Gasteiger partial charge in [0.1, 0.15) is 17.5 Å². The van der Waals surface area contributed by atoms with Gasteiger partial charge in [0.25, 0.3) is 0 Å². The molecule has 3 heterocycles. The molecule has 2 aliphatic rings. The van der Waals surface area contributed by atoms with E-state index in [-0.39, 0.29) is 6.09 Å². The summed E-state index contributed by atoms with van der Waals surface area (Å²) < 4.78 is 22.4. The van der Waals surface area contributed by atoms with Crippen LogP contribution < -0.4 is 9.64 Å². The van der Waals surface area contributed by atoms with Crippen LogP contribution in [0, 0.1) is 0 Å². The van der Waals surface area contributed by atoms with Gasteiger partial charge in [0, 0.05) is 65.6 Å². The summed E-state index contributed by atoms with van der Waals surface area (Å²) in [6.45, 7) is 12.5. The first-order valence-corrected chi connectivity index (χ1v) is 13.3. The summed E-state index contributed by atoms with van der Waals surface area (Å²) in [5, 5.41) is 0. The molecule has 2 aromatic rings. The van der Waals surface area contributed by atoms with Gasteiger partial charge in [0.2, 0.25) is 0 Å². The summed E-state index contributed by atoms with van der Waals surface area (Å²) in [5.41, 5.74) is 2.88. The summed E-state index contributed by atoms with van der Waals surface area (Å²) in [5.74, 6) is 0.881. The zero-order chi connectivity index (χ0) is 27.3. The SMILES string of the molecule is COC(OC)C(C)Oc1nc2c(c(N3CCN(C(=O)OC(C)(C)C)CC3)n1)CCN(Cc1ccccc1)C2. The van der Waals surface area contributed by atoms with Crippen LogP contribution in [0.3, 0.4) is 0 Å². The Morgan fingerprint density at radius 2 is 1.68 bits per heavy atom. The maximum Gasteiger partial charge on any atom is 0.410 e. The van der Waals surface area contributed by atoms with Crippen molar-refractivity contribution in [2.75, 3.05) is 51.8 Å². The van der Waals surface area contributed by atoms with Crippen molar-refractivity contribution in [3.05, 3.63) is 47.2 Å². The van der Waals surface area contributed by atoms with Crippen molar-refractivity contribution in [1.82, 2.24) is 19.8 Å². The molecule has 1 atom stereocenters. The third-order valence-corrected chi connectivity index (χ3v) is 6.72. The topological polar surface area (TPSA) is 89.5 Å². The molecule has 10 heteroatoms. The third kappa shape index (κ3) is 7.12. The van der Waals surface area contributed by atoms with Crippen molar-refractivity contribution in [3.63, 3.8) is 0 Å². The summed E-state index contributed by atoms with van der Waals surface area (Å²) in [6, 6.07) is 10.8. The van der Waals surface area contributed by atoms with E-state index in [0.29, 0.717) is 38.7 Å². The van der Waals surface area contributed by atoms with Crippen molar-refractivity contribution in [2.24, 2.45) is 0 Å². The minimum atomic E-state index is -0.537. The van der Waals surface area contributed by atoms with E-state index in [1.54, 1.807) is 19.1 Å². The zero-order valence-electron chi connectivity index (χ0n) is 23.5. The monoisotopic (exact) mass is 527 g/mol. The van der Waals surface area contributed by atoms with Crippen LogP contribution in [0.2, 0.25) is 0 Å². The fraction of sp³-hybridized carbons (Fsp3) is 0.607. The molecule has 2 aliphatic heterocycles. The number of carbonyl (C=O) groups excluding carboxylic acids is 1. The molecular formula is C28H41N5O5. The molecule has 1 fully saturated rings. The molecule has 0 radical (unpaired) electrons. The molecule has 1 amide bonds. The van der Waals surface area contributed by atoms with Crippen LogP contribution in [0.1, 0.15) is 44.5 Å². The molecule has 0 spiro atoms. The van der Waals surface area contributed by atoms with Gasteiger partial charge in [-0.25, -0.2) is 4.79 Å². The van der Waals surface area contributed by atoms with Gasteiger partial charge < -0.3 is 28.7 Å². The van der Waals surface area contributed by atoms with Gasteiger partial charge in [-0.15, -0.1) is 0 Å². The Kier molecular flexibility index (Phi) is 9.07. The van der Waals surface area contributed by atoms with Crippen LogP contribution in [0.4, 0.5) is 10.6 Å². The first-order chi connectivity index (χ1) is 18.2. The number of aromatic nitrogens is 2. The van der Waals surface area contributed by atoms with E-state index in [9.17, 15) is 4.79 Å². The predicted molar refractivity (Wildman–Crippen MR) is 144 cm³/mol. The number of fused-ring (bicyclic) bond motifs is 1. The molecule has 1 saturated heterocycles. The number of amides is 1. The van der Waals surface area contributed by atoms with Gasteiger partial charge in [0.15, 0.2) is 6.29 Å². The predicted octanol–water partition coefficient (Wildman–Crippen LogP) is 3.48. The number of rotatable bonds is 8. The van der Waals surface area contributed by atoms with Gasteiger partial charge in [0.05, 0.1) is 5.69 Å². The van der Waals surface area contributed by atoms with Crippen LogP contribution in [-0.4, -0.2) is 90.8 Å². The Bertz CT molecular complexity index is 1070. The second kappa shape index (κ2) is 12.3. The van der Waals surface area contributed by atoms with Gasteiger partial charge in [-0.05, 0) is 39.7 Å².